The Balaban J connectivity index is 1.68. The number of carbonyl (C=O) groups is 3. The van der Waals surface area contributed by atoms with Gasteiger partial charge in [-0.3, -0.25) is 14.4 Å². The van der Waals surface area contributed by atoms with Crippen LogP contribution in [0.5, 0.6) is 0 Å². The molecule has 0 atom stereocenters. The molecule has 3 heterocycles. The summed E-state index contributed by atoms with van der Waals surface area (Å²) in [7, 11) is 0. The topological polar surface area (TPSA) is 106 Å². The van der Waals surface area contributed by atoms with Gasteiger partial charge in [-0.1, -0.05) is 0 Å². The Morgan fingerprint density at radius 3 is 2.60 bits per heavy atom. The molecule has 0 radical (unpaired) electrons. The number of rotatable bonds is 7. The number of alkyl halides is 3. The van der Waals surface area contributed by atoms with E-state index in [2.05, 4.69) is 25.8 Å². The zero-order valence-corrected chi connectivity index (χ0v) is 18.7. The van der Waals surface area contributed by atoms with Crippen molar-refractivity contribution in [3.05, 3.63) is 46.0 Å². The van der Waals surface area contributed by atoms with Crippen molar-refractivity contribution in [2.45, 2.75) is 25.9 Å². The van der Waals surface area contributed by atoms with Gasteiger partial charge in [-0.25, -0.2) is 4.39 Å². The predicted molar refractivity (Wildman–Crippen MR) is 121 cm³/mol. The number of amides is 3. The fourth-order valence-electron chi connectivity index (χ4n) is 4.43. The van der Waals surface area contributed by atoms with Crippen LogP contribution in [0.2, 0.25) is 0 Å². The van der Waals surface area contributed by atoms with Crippen molar-refractivity contribution in [1.82, 2.24) is 15.2 Å². The molecular weight excluding hydrogens is 470 g/mol. The molecule has 12 heteroatoms. The Hall–Kier alpha value is -3.67. The lowest BCUT2D eigenvalue weighted by Crippen LogP contribution is -2.34. The van der Waals surface area contributed by atoms with Crippen LogP contribution in [0.25, 0.3) is 11.6 Å². The summed E-state index contributed by atoms with van der Waals surface area (Å²) in [5, 5.41) is 7.14. The first-order valence-corrected chi connectivity index (χ1v) is 11.0. The highest BCUT2D eigenvalue weighted by Gasteiger charge is 2.41. The van der Waals surface area contributed by atoms with Gasteiger partial charge >= 0.3 is 6.18 Å². The van der Waals surface area contributed by atoms with Crippen LogP contribution in [-0.4, -0.2) is 54.3 Å². The maximum atomic E-state index is 14.3. The van der Waals surface area contributed by atoms with Crippen LogP contribution >= 0.6 is 0 Å². The van der Waals surface area contributed by atoms with E-state index in [1.165, 1.54) is 13.0 Å². The molecule has 1 aromatic carbocycles. The number of nitrogens with one attached hydrogen (secondary N) is 4. The SMILES string of the molecule is Cc1[nH]c(/C=C2\C(=O)Nc3cc(NC=O)c(F)cc32)c(C(F)(F)F)c1C(=O)NCCN1CCCC1. The zero-order chi connectivity index (χ0) is 25.3. The van der Waals surface area contributed by atoms with E-state index in [0.717, 1.165) is 38.1 Å². The average molecular weight is 493 g/mol. The van der Waals surface area contributed by atoms with Gasteiger partial charge in [0.25, 0.3) is 11.8 Å². The predicted octanol–water partition coefficient (Wildman–Crippen LogP) is 3.37. The first-order valence-electron chi connectivity index (χ1n) is 11.0. The van der Waals surface area contributed by atoms with Gasteiger partial charge in [0.15, 0.2) is 0 Å². The summed E-state index contributed by atoms with van der Waals surface area (Å²) in [6.45, 7) is 3.86. The number of carbonyl (C=O) groups excluding carboxylic acids is 3. The van der Waals surface area contributed by atoms with E-state index in [0.29, 0.717) is 6.54 Å². The van der Waals surface area contributed by atoms with Crippen molar-refractivity contribution in [2.24, 2.45) is 0 Å². The number of benzene rings is 1. The summed E-state index contributed by atoms with van der Waals surface area (Å²) in [6, 6.07) is 2.11. The molecule has 4 N–H and O–H groups in total. The molecular formula is C23H23F4N5O3. The number of hydrogen-bond donors (Lipinski definition) is 4. The van der Waals surface area contributed by atoms with Gasteiger partial charge < -0.3 is 25.8 Å². The molecule has 1 aromatic heterocycles. The molecule has 186 valence electrons. The quantitative estimate of drug-likeness (QED) is 0.270. The molecule has 0 bridgehead atoms. The summed E-state index contributed by atoms with van der Waals surface area (Å²) in [6.07, 6.45) is -1.59. The van der Waals surface area contributed by atoms with E-state index in [1.807, 2.05) is 0 Å². The highest BCUT2D eigenvalue weighted by Crippen LogP contribution is 2.40. The number of anilines is 2. The summed E-state index contributed by atoms with van der Waals surface area (Å²) in [4.78, 5) is 40.5. The van der Waals surface area contributed by atoms with Gasteiger partial charge in [-0.2, -0.15) is 13.2 Å². The Morgan fingerprint density at radius 1 is 1.23 bits per heavy atom. The number of aromatic amines is 1. The lowest BCUT2D eigenvalue weighted by Gasteiger charge is -2.15. The van der Waals surface area contributed by atoms with Crippen molar-refractivity contribution in [3.8, 4) is 0 Å². The molecule has 2 aliphatic heterocycles. The second kappa shape index (κ2) is 9.53. The number of fused-ring (bicyclic) bond motifs is 1. The number of nitrogens with zero attached hydrogens (tertiary/aromatic N) is 1. The second-order valence-electron chi connectivity index (χ2n) is 8.37. The number of likely N-dealkylation sites (tertiary alicyclic amines) is 1. The van der Waals surface area contributed by atoms with Crippen molar-refractivity contribution in [2.75, 3.05) is 36.8 Å². The summed E-state index contributed by atoms with van der Waals surface area (Å²) in [5.41, 5.74) is -2.52. The molecule has 2 aromatic rings. The standard InChI is InChI=1S/C23H23F4N5O3/c1-12-19(22(35)28-4-7-32-5-2-3-6-32)20(23(25,26)27)18(30-12)9-14-13-8-15(24)17(29-11-33)10-16(13)31-21(14)34/h8-11,30H,2-7H2,1H3,(H,28,35)(H,29,33)(H,31,34)/b14-9-. The number of aromatic nitrogens is 1. The third kappa shape index (κ3) is 4.92. The number of H-pyrrole nitrogens is 1. The van der Waals surface area contributed by atoms with E-state index in [9.17, 15) is 31.9 Å². The lowest BCUT2D eigenvalue weighted by atomic mass is 10.0. The maximum Gasteiger partial charge on any atom is 0.419 e. The first-order chi connectivity index (χ1) is 16.6. The molecule has 1 saturated heterocycles. The van der Waals surface area contributed by atoms with Crippen LogP contribution in [0.4, 0.5) is 28.9 Å². The fourth-order valence-corrected chi connectivity index (χ4v) is 4.43. The summed E-state index contributed by atoms with van der Waals surface area (Å²) < 4.78 is 56.6. The fraction of sp³-hybridized carbons (Fsp3) is 0.348. The van der Waals surface area contributed by atoms with Crippen LogP contribution in [0, 0.1) is 12.7 Å². The van der Waals surface area contributed by atoms with Crippen LogP contribution in [0.3, 0.4) is 0 Å². The van der Waals surface area contributed by atoms with Crippen LogP contribution in [0.15, 0.2) is 12.1 Å². The lowest BCUT2D eigenvalue weighted by molar-refractivity contribution is -0.138. The molecule has 0 aliphatic carbocycles. The van der Waals surface area contributed by atoms with E-state index in [-0.39, 0.29) is 41.2 Å². The minimum Gasteiger partial charge on any atom is -0.358 e. The van der Waals surface area contributed by atoms with Crippen LogP contribution in [0.1, 0.15) is 45.7 Å². The monoisotopic (exact) mass is 493 g/mol. The van der Waals surface area contributed by atoms with Crippen molar-refractivity contribution in [1.29, 1.82) is 0 Å². The Morgan fingerprint density at radius 2 is 1.94 bits per heavy atom. The van der Waals surface area contributed by atoms with Gasteiger partial charge in [0.1, 0.15) is 5.82 Å². The number of halogens is 4. The Labute approximate surface area is 197 Å². The highest BCUT2D eigenvalue weighted by atomic mass is 19.4. The van der Waals surface area contributed by atoms with Crippen molar-refractivity contribution >= 4 is 41.2 Å². The molecule has 8 nitrogen and oxygen atoms in total. The van der Waals surface area contributed by atoms with Crippen LogP contribution in [-0.2, 0) is 15.8 Å². The Bertz CT molecular complexity index is 1210. The minimum atomic E-state index is -4.90. The summed E-state index contributed by atoms with van der Waals surface area (Å²) in [5.74, 6) is -2.49. The van der Waals surface area contributed by atoms with Gasteiger partial charge in [0.2, 0.25) is 6.41 Å². The largest absolute Gasteiger partial charge is 0.419 e. The van der Waals surface area contributed by atoms with Crippen molar-refractivity contribution < 1.29 is 31.9 Å². The van der Waals surface area contributed by atoms with E-state index >= 15 is 0 Å². The average Bonchev–Trinajstić information content (AvgIpc) is 3.47. The first kappa shape index (κ1) is 24.5. The van der Waals surface area contributed by atoms with Gasteiger partial charge in [0, 0.05) is 24.3 Å². The Kier molecular flexibility index (Phi) is 6.66. The van der Waals surface area contributed by atoms with Gasteiger partial charge in [0.05, 0.1) is 33.8 Å². The highest BCUT2D eigenvalue weighted by molar-refractivity contribution is 6.35. The third-order valence-electron chi connectivity index (χ3n) is 6.03. The molecule has 0 unspecified atom stereocenters. The molecule has 4 rings (SSSR count). The third-order valence-corrected chi connectivity index (χ3v) is 6.03. The minimum absolute atomic E-state index is 0.0156. The van der Waals surface area contributed by atoms with E-state index in [1.54, 1.807) is 0 Å². The molecule has 35 heavy (non-hydrogen) atoms. The second-order valence-corrected chi connectivity index (χ2v) is 8.37. The van der Waals surface area contributed by atoms with E-state index in [4.69, 9.17) is 0 Å². The summed E-state index contributed by atoms with van der Waals surface area (Å²) >= 11 is 0. The van der Waals surface area contributed by atoms with Crippen LogP contribution < -0.4 is 16.0 Å². The molecule has 0 saturated carbocycles. The van der Waals surface area contributed by atoms with E-state index < -0.39 is 40.6 Å². The van der Waals surface area contributed by atoms with Crippen molar-refractivity contribution in [3.63, 3.8) is 0 Å². The molecule has 2 aliphatic rings. The zero-order valence-electron chi connectivity index (χ0n) is 18.7. The maximum absolute atomic E-state index is 14.3. The molecule has 1 fully saturated rings. The number of aryl methyl sites for hydroxylation is 1. The normalized spacial score (nSPS) is 16.9. The van der Waals surface area contributed by atoms with Gasteiger partial charge in [-0.05, 0) is 51.1 Å². The van der Waals surface area contributed by atoms with Gasteiger partial charge in [-0.15, -0.1) is 0 Å². The molecule has 0 spiro atoms. The smallest absolute Gasteiger partial charge is 0.358 e. The number of hydrogen-bond acceptors (Lipinski definition) is 4. The molecule has 3 amide bonds.